The quantitative estimate of drug-likeness (QED) is 0.632. The zero-order chi connectivity index (χ0) is 7.56. The fraction of sp³-hybridized carbons (Fsp3) is 0.143. The van der Waals surface area contributed by atoms with Crippen LogP contribution in [0.3, 0.4) is 0 Å². The summed E-state index contributed by atoms with van der Waals surface area (Å²) in [6.07, 6.45) is 1.85. The molecule has 10 heavy (non-hydrogen) atoms. The van der Waals surface area contributed by atoms with E-state index in [-0.39, 0.29) is 5.75 Å². The Bertz CT molecular complexity index is 237. The van der Waals surface area contributed by atoms with Gasteiger partial charge in [0.05, 0.1) is 0 Å². The van der Waals surface area contributed by atoms with E-state index in [1.807, 2.05) is 6.26 Å². The summed E-state index contributed by atoms with van der Waals surface area (Å²) in [7, 11) is 0. The molecule has 0 aliphatic carbocycles. The third-order valence-electron chi connectivity index (χ3n) is 1.15. The molecule has 0 bridgehead atoms. The second-order valence-electron chi connectivity index (χ2n) is 1.82. The van der Waals surface area contributed by atoms with E-state index in [0.29, 0.717) is 0 Å². The number of thioether (sulfide) groups is 1. The molecule has 0 aliphatic heterocycles. The van der Waals surface area contributed by atoms with E-state index in [2.05, 4.69) is 0 Å². The van der Waals surface area contributed by atoms with Gasteiger partial charge in [-0.05, 0) is 24.5 Å². The Labute approximate surface area is 62.9 Å². The first-order valence-electron chi connectivity index (χ1n) is 2.76. The highest BCUT2D eigenvalue weighted by molar-refractivity contribution is 7.98. The van der Waals surface area contributed by atoms with Crippen molar-refractivity contribution in [2.75, 3.05) is 6.26 Å². The number of hydrogen-bond acceptors (Lipinski definition) is 2. The van der Waals surface area contributed by atoms with Gasteiger partial charge in [0.25, 0.3) is 0 Å². The van der Waals surface area contributed by atoms with Gasteiger partial charge in [0.1, 0.15) is 0 Å². The van der Waals surface area contributed by atoms with Gasteiger partial charge in [-0.3, -0.25) is 0 Å². The summed E-state index contributed by atoms with van der Waals surface area (Å²) in [5.41, 5.74) is 0. The molecule has 0 fully saturated rings. The van der Waals surface area contributed by atoms with Crippen molar-refractivity contribution in [1.82, 2.24) is 0 Å². The van der Waals surface area contributed by atoms with E-state index < -0.39 is 5.82 Å². The van der Waals surface area contributed by atoms with Crippen LogP contribution in [-0.2, 0) is 0 Å². The molecule has 1 aromatic rings. The maximum atomic E-state index is 12.5. The molecule has 0 aliphatic rings. The summed E-state index contributed by atoms with van der Waals surface area (Å²) in [5.74, 6) is -0.857. The molecule has 1 N–H and O–H groups in total. The highest BCUT2D eigenvalue weighted by Crippen LogP contribution is 2.21. The molecule has 0 aromatic heterocycles. The third kappa shape index (κ3) is 1.42. The minimum atomic E-state index is -0.563. The van der Waals surface area contributed by atoms with Crippen LogP contribution >= 0.6 is 11.8 Å². The van der Waals surface area contributed by atoms with Gasteiger partial charge in [0.15, 0.2) is 11.6 Å². The van der Waals surface area contributed by atoms with Crippen LogP contribution in [0.25, 0.3) is 0 Å². The molecule has 1 rings (SSSR count). The van der Waals surface area contributed by atoms with Gasteiger partial charge in [-0.1, -0.05) is 0 Å². The first kappa shape index (κ1) is 7.41. The maximum absolute atomic E-state index is 12.5. The number of phenolic OH excluding ortho intramolecular Hbond substituents is 1. The van der Waals surface area contributed by atoms with Gasteiger partial charge in [0.2, 0.25) is 0 Å². The van der Waals surface area contributed by atoms with Crippen LogP contribution in [-0.4, -0.2) is 11.4 Å². The minimum Gasteiger partial charge on any atom is -0.505 e. The number of halogens is 1. The van der Waals surface area contributed by atoms with Crippen LogP contribution in [0.5, 0.6) is 5.75 Å². The van der Waals surface area contributed by atoms with Crippen LogP contribution in [0, 0.1) is 5.82 Å². The Hall–Kier alpha value is -0.700. The van der Waals surface area contributed by atoms with Gasteiger partial charge in [-0.2, -0.15) is 0 Å². The van der Waals surface area contributed by atoms with Crippen molar-refractivity contribution in [2.24, 2.45) is 0 Å². The highest BCUT2D eigenvalue weighted by atomic mass is 32.2. The normalized spacial score (nSPS) is 9.80. The number of aromatic hydroxyl groups is 1. The molecule has 0 amide bonds. The topological polar surface area (TPSA) is 20.2 Å². The van der Waals surface area contributed by atoms with E-state index in [9.17, 15) is 4.39 Å². The van der Waals surface area contributed by atoms with E-state index in [1.165, 1.54) is 23.9 Å². The second kappa shape index (κ2) is 2.92. The molecule has 54 valence electrons. The molecule has 0 spiro atoms. The molecule has 1 nitrogen and oxygen atoms in total. The third-order valence-corrected chi connectivity index (χ3v) is 1.88. The lowest BCUT2D eigenvalue weighted by Gasteiger charge is -1.96. The molecular weight excluding hydrogens is 151 g/mol. The zero-order valence-electron chi connectivity index (χ0n) is 5.47. The van der Waals surface area contributed by atoms with Crippen molar-refractivity contribution >= 4 is 11.8 Å². The lowest BCUT2D eigenvalue weighted by molar-refractivity contribution is 0.431. The van der Waals surface area contributed by atoms with Crippen molar-refractivity contribution in [3.05, 3.63) is 24.0 Å². The van der Waals surface area contributed by atoms with Crippen LogP contribution in [0.1, 0.15) is 0 Å². The van der Waals surface area contributed by atoms with Gasteiger partial charge in [0, 0.05) is 4.90 Å². The molecule has 3 heteroatoms. The average molecular weight is 158 g/mol. The van der Waals surface area contributed by atoms with E-state index >= 15 is 0 Å². The maximum Gasteiger partial charge on any atom is 0.165 e. The molecule has 0 saturated heterocycles. The van der Waals surface area contributed by atoms with E-state index in [1.54, 1.807) is 6.07 Å². The highest BCUT2D eigenvalue weighted by Gasteiger charge is 1.98. The molecule has 0 unspecified atom stereocenters. The van der Waals surface area contributed by atoms with Crippen molar-refractivity contribution in [3.63, 3.8) is 0 Å². The Morgan fingerprint density at radius 2 is 2.20 bits per heavy atom. The number of benzene rings is 1. The Morgan fingerprint density at radius 3 is 2.70 bits per heavy atom. The monoisotopic (exact) mass is 158 g/mol. The molecule has 1 aromatic carbocycles. The van der Waals surface area contributed by atoms with Crippen molar-refractivity contribution in [2.45, 2.75) is 4.90 Å². The fourth-order valence-electron chi connectivity index (χ4n) is 0.615. The average Bonchev–Trinajstić information content (AvgIpc) is 1.95. The summed E-state index contributed by atoms with van der Waals surface area (Å²) in [4.78, 5) is 0.815. The smallest absolute Gasteiger partial charge is 0.165 e. The summed E-state index contributed by atoms with van der Waals surface area (Å²) in [6.45, 7) is 0. The van der Waals surface area contributed by atoms with Crippen LogP contribution in [0.2, 0.25) is 0 Å². The SMILES string of the molecule is CSc1ccc(O)c(F)c1. The first-order chi connectivity index (χ1) is 4.74. The van der Waals surface area contributed by atoms with Crippen molar-refractivity contribution in [3.8, 4) is 5.75 Å². The fourth-order valence-corrected chi connectivity index (χ4v) is 1.04. The van der Waals surface area contributed by atoms with Crippen molar-refractivity contribution < 1.29 is 9.50 Å². The first-order valence-corrected chi connectivity index (χ1v) is 3.99. The standard InChI is InChI=1S/C7H7FOS/c1-10-5-2-3-7(9)6(8)4-5/h2-4,9H,1H3. The van der Waals surface area contributed by atoms with Gasteiger partial charge >= 0.3 is 0 Å². The molecule has 0 heterocycles. The van der Waals surface area contributed by atoms with Gasteiger partial charge in [-0.15, -0.1) is 11.8 Å². The summed E-state index contributed by atoms with van der Waals surface area (Å²) in [5, 5.41) is 8.75. The molecule has 0 atom stereocenters. The Morgan fingerprint density at radius 1 is 1.50 bits per heavy atom. The second-order valence-corrected chi connectivity index (χ2v) is 2.70. The van der Waals surface area contributed by atoms with Gasteiger partial charge in [-0.25, -0.2) is 4.39 Å². The molecule has 0 radical (unpaired) electrons. The Balaban J connectivity index is 3.04. The predicted molar refractivity (Wildman–Crippen MR) is 39.8 cm³/mol. The number of hydrogen-bond donors (Lipinski definition) is 1. The molecule has 0 saturated carbocycles. The van der Waals surface area contributed by atoms with Crippen LogP contribution < -0.4 is 0 Å². The van der Waals surface area contributed by atoms with Crippen LogP contribution in [0.4, 0.5) is 4.39 Å². The van der Waals surface area contributed by atoms with Crippen molar-refractivity contribution in [1.29, 1.82) is 0 Å². The largest absolute Gasteiger partial charge is 0.505 e. The number of rotatable bonds is 1. The predicted octanol–water partition coefficient (Wildman–Crippen LogP) is 2.25. The summed E-state index contributed by atoms with van der Waals surface area (Å²) < 4.78 is 12.5. The van der Waals surface area contributed by atoms with E-state index in [0.717, 1.165) is 4.90 Å². The number of phenols is 1. The van der Waals surface area contributed by atoms with Gasteiger partial charge < -0.3 is 5.11 Å². The lowest BCUT2D eigenvalue weighted by atomic mass is 10.3. The Kier molecular flexibility index (Phi) is 2.17. The zero-order valence-corrected chi connectivity index (χ0v) is 6.28. The minimum absolute atomic E-state index is 0.294. The van der Waals surface area contributed by atoms with Crippen LogP contribution in [0.15, 0.2) is 23.1 Å². The molecular formula is C7H7FOS. The lowest BCUT2D eigenvalue weighted by Crippen LogP contribution is -1.75. The van der Waals surface area contributed by atoms with E-state index in [4.69, 9.17) is 5.11 Å². The summed E-state index contributed by atoms with van der Waals surface area (Å²) in [6, 6.07) is 4.32. The summed E-state index contributed by atoms with van der Waals surface area (Å²) >= 11 is 1.44.